The van der Waals surface area contributed by atoms with Gasteiger partial charge in [-0.05, 0) is 55.3 Å². The Hall–Kier alpha value is -2.33. The van der Waals surface area contributed by atoms with Crippen LogP contribution in [0.5, 0.6) is 0 Å². The van der Waals surface area contributed by atoms with E-state index in [0.717, 1.165) is 36.2 Å². The third-order valence-electron chi connectivity index (χ3n) is 3.67. The van der Waals surface area contributed by atoms with Crippen LogP contribution in [0.3, 0.4) is 0 Å². The molecule has 2 aromatic rings. The van der Waals surface area contributed by atoms with Crippen molar-refractivity contribution in [1.29, 1.82) is 0 Å². The van der Waals surface area contributed by atoms with E-state index in [9.17, 15) is 0 Å². The molecule has 0 spiro atoms. The van der Waals surface area contributed by atoms with Gasteiger partial charge in [-0.15, -0.1) is 5.10 Å². The summed E-state index contributed by atoms with van der Waals surface area (Å²) in [6.45, 7) is 0.495. The van der Waals surface area contributed by atoms with Gasteiger partial charge in [0.05, 0.1) is 17.1 Å². The first kappa shape index (κ1) is 12.7. The number of aryl methyl sites for hydroxylation is 1. The Morgan fingerprint density at radius 2 is 2.00 bits per heavy atom. The summed E-state index contributed by atoms with van der Waals surface area (Å²) in [5, 5.41) is 12.1. The predicted octanol–water partition coefficient (Wildman–Crippen LogP) is 3.00. The van der Waals surface area contributed by atoms with Crippen LogP contribution in [0.25, 0.3) is 16.1 Å². The summed E-state index contributed by atoms with van der Waals surface area (Å²) in [6.07, 6.45) is 5.29. The molecule has 0 atom stereocenters. The van der Waals surface area contributed by atoms with Crippen LogP contribution in [0.1, 0.15) is 29.8 Å². The fourth-order valence-corrected chi connectivity index (χ4v) is 2.60. The highest BCUT2D eigenvalue weighted by atomic mass is 15.4. The molecule has 1 aromatic carbocycles. The Labute approximate surface area is 117 Å². The number of hydrogen-bond donors (Lipinski definition) is 0. The van der Waals surface area contributed by atoms with Crippen molar-refractivity contribution in [1.82, 2.24) is 15.0 Å². The van der Waals surface area contributed by atoms with Crippen molar-refractivity contribution >= 4 is 0 Å². The van der Waals surface area contributed by atoms with Crippen LogP contribution in [0.4, 0.5) is 0 Å². The molecule has 6 heteroatoms. The maximum absolute atomic E-state index is 8.27. The Morgan fingerprint density at radius 1 is 1.20 bits per heavy atom. The van der Waals surface area contributed by atoms with Crippen LogP contribution in [-0.2, 0) is 19.3 Å². The van der Waals surface area contributed by atoms with Gasteiger partial charge in [0, 0.05) is 11.5 Å². The Balaban J connectivity index is 1.80. The molecule has 1 aliphatic rings. The zero-order chi connectivity index (χ0) is 13.8. The van der Waals surface area contributed by atoms with Gasteiger partial charge >= 0.3 is 0 Å². The standard InChI is InChI=1S/C14H16N6/c15-18-16-10-9-11-5-7-12(8-6-11)20-14-4-2-1-3-13(14)17-19-20/h5-8H,1-4,9-10H2. The largest absolute Gasteiger partial charge is 0.217 e. The third kappa shape index (κ3) is 2.51. The van der Waals surface area contributed by atoms with Gasteiger partial charge < -0.3 is 0 Å². The zero-order valence-corrected chi connectivity index (χ0v) is 11.2. The first-order valence-electron chi connectivity index (χ1n) is 6.92. The molecule has 20 heavy (non-hydrogen) atoms. The first-order valence-corrected chi connectivity index (χ1v) is 6.92. The molecule has 1 aliphatic carbocycles. The number of rotatable bonds is 4. The second-order valence-corrected chi connectivity index (χ2v) is 4.97. The number of benzene rings is 1. The van der Waals surface area contributed by atoms with Crippen molar-refractivity contribution in [3.63, 3.8) is 0 Å². The highest BCUT2D eigenvalue weighted by molar-refractivity contribution is 5.36. The molecule has 0 saturated heterocycles. The lowest BCUT2D eigenvalue weighted by atomic mass is 10.0. The van der Waals surface area contributed by atoms with E-state index in [0.29, 0.717) is 6.54 Å². The summed E-state index contributed by atoms with van der Waals surface area (Å²) in [6, 6.07) is 8.21. The number of azide groups is 1. The molecule has 1 aromatic heterocycles. The summed E-state index contributed by atoms with van der Waals surface area (Å²) < 4.78 is 1.95. The van der Waals surface area contributed by atoms with Gasteiger partial charge in [0.15, 0.2) is 0 Å². The molecule has 0 fully saturated rings. The minimum absolute atomic E-state index is 0.495. The van der Waals surface area contributed by atoms with Crippen molar-refractivity contribution in [3.8, 4) is 5.69 Å². The lowest BCUT2D eigenvalue weighted by molar-refractivity contribution is 0.652. The number of aromatic nitrogens is 3. The van der Waals surface area contributed by atoms with Crippen LogP contribution < -0.4 is 0 Å². The van der Waals surface area contributed by atoms with Crippen molar-refractivity contribution in [3.05, 3.63) is 51.7 Å². The van der Waals surface area contributed by atoms with Gasteiger partial charge in [-0.25, -0.2) is 4.68 Å². The maximum atomic E-state index is 8.27. The van der Waals surface area contributed by atoms with Crippen LogP contribution in [0.2, 0.25) is 0 Å². The van der Waals surface area contributed by atoms with Gasteiger partial charge in [-0.1, -0.05) is 22.5 Å². The van der Waals surface area contributed by atoms with E-state index in [1.54, 1.807) is 0 Å². The summed E-state index contributed by atoms with van der Waals surface area (Å²) in [5.41, 5.74) is 12.9. The SMILES string of the molecule is [N-]=[N+]=NCCc1ccc(-n2nnc3c2CCCC3)cc1. The van der Waals surface area contributed by atoms with Crippen LogP contribution >= 0.6 is 0 Å². The molecule has 0 bridgehead atoms. The monoisotopic (exact) mass is 268 g/mol. The summed E-state index contributed by atoms with van der Waals surface area (Å²) in [7, 11) is 0. The smallest absolute Gasteiger partial charge is 0.0863 e. The van der Waals surface area contributed by atoms with E-state index in [1.165, 1.54) is 18.5 Å². The van der Waals surface area contributed by atoms with Crippen LogP contribution in [0.15, 0.2) is 29.4 Å². The second kappa shape index (κ2) is 5.75. The minimum atomic E-state index is 0.495. The number of nitrogens with zero attached hydrogens (tertiary/aromatic N) is 6. The van der Waals surface area contributed by atoms with E-state index >= 15 is 0 Å². The molecular weight excluding hydrogens is 252 g/mol. The molecule has 6 nitrogen and oxygen atoms in total. The normalized spacial score (nSPS) is 13.6. The first-order chi connectivity index (χ1) is 9.88. The van der Waals surface area contributed by atoms with Crippen LogP contribution in [0, 0.1) is 0 Å². The van der Waals surface area contributed by atoms with E-state index in [4.69, 9.17) is 5.53 Å². The van der Waals surface area contributed by atoms with Crippen molar-refractivity contribution < 1.29 is 0 Å². The number of fused-ring (bicyclic) bond motifs is 1. The number of hydrogen-bond acceptors (Lipinski definition) is 3. The summed E-state index contributed by atoms with van der Waals surface area (Å²) in [4.78, 5) is 2.76. The van der Waals surface area contributed by atoms with Gasteiger partial charge in [-0.2, -0.15) is 0 Å². The van der Waals surface area contributed by atoms with Gasteiger partial charge in [0.2, 0.25) is 0 Å². The van der Waals surface area contributed by atoms with E-state index < -0.39 is 0 Å². The molecule has 3 rings (SSSR count). The third-order valence-corrected chi connectivity index (χ3v) is 3.67. The lowest BCUT2D eigenvalue weighted by Crippen LogP contribution is -2.07. The Kier molecular flexibility index (Phi) is 3.65. The van der Waals surface area contributed by atoms with Gasteiger partial charge in [-0.3, -0.25) is 0 Å². The average Bonchev–Trinajstić information content (AvgIpc) is 2.92. The molecule has 0 unspecified atom stereocenters. The molecule has 0 saturated carbocycles. The maximum Gasteiger partial charge on any atom is 0.0863 e. The zero-order valence-electron chi connectivity index (χ0n) is 11.2. The fourth-order valence-electron chi connectivity index (χ4n) is 2.60. The second-order valence-electron chi connectivity index (χ2n) is 4.97. The molecule has 1 heterocycles. The quantitative estimate of drug-likeness (QED) is 0.485. The van der Waals surface area contributed by atoms with Gasteiger partial charge in [0.25, 0.3) is 0 Å². The highest BCUT2D eigenvalue weighted by Crippen LogP contribution is 2.21. The molecule has 102 valence electrons. The molecule has 0 N–H and O–H groups in total. The Morgan fingerprint density at radius 3 is 2.80 bits per heavy atom. The Bertz CT molecular complexity index is 636. The molecule has 0 aliphatic heterocycles. The van der Waals surface area contributed by atoms with Crippen LogP contribution in [-0.4, -0.2) is 21.5 Å². The molecule has 0 amide bonds. The molecule has 0 radical (unpaired) electrons. The fraction of sp³-hybridized carbons (Fsp3) is 0.429. The average molecular weight is 268 g/mol. The molecular formula is C14H16N6. The van der Waals surface area contributed by atoms with E-state index in [-0.39, 0.29) is 0 Å². The predicted molar refractivity (Wildman–Crippen MR) is 75.7 cm³/mol. The minimum Gasteiger partial charge on any atom is -0.217 e. The van der Waals surface area contributed by atoms with Crippen molar-refractivity contribution in [2.24, 2.45) is 5.11 Å². The van der Waals surface area contributed by atoms with Gasteiger partial charge in [0.1, 0.15) is 0 Å². The van der Waals surface area contributed by atoms with E-state index in [1.807, 2.05) is 4.68 Å². The topological polar surface area (TPSA) is 79.5 Å². The lowest BCUT2D eigenvalue weighted by Gasteiger charge is -2.12. The van der Waals surface area contributed by atoms with Crippen molar-refractivity contribution in [2.75, 3.05) is 6.54 Å². The highest BCUT2D eigenvalue weighted by Gasteiger charge is 2.17. The summed E-state index contributed by atoms with van der Waals surface area (Å²) >= 11 is 0. The van der Waals surface area contributed by atoms with E-state index in [2.05, 4.69) is 44.6 Å². The van der Waals surface area contributed by atoms with Crippen molar-refractivity contribution in [2.45, 2.75) is 32.1 Å². The summed E-state index contributed by atoms with van der Waals surface area (Å²) in [5.74, 6) is 0.